The average molecular weight is 307 g/mol. The van der Waals surface area contributed by atoms with Gasteiger partial charge in [-0.25, -0.2) is 4.98 Å². The van der Waals surface area contributed by atoms with Crippen LogP contribution in [0.3, 0.4) is 0 Å². The van der Waals surface area contributed by atoms with E-state index < -0.39 is 10.1 Å². The van der Waals surface area contributed by atoms with Gasteiger partial charge < -0.3 is 14.4 Å². The SMILES string of the molecule is C[C@@H]1COCCN1c1cc(N[SH](C)(C)=O)nc(Cl)n1. The summed E-state index contributed by atoms with van der Waals surface area (Å²) >= 11 is 5.94. The van der Waals surface area contributed by atoms with E-state index >= 15 is 0 Å². The first-order valence-electron chi connectivity index (χ1n) is 6.07. The summed E-state index contributed by atoms with van der Waals surface area (Å²) in [6.45, 7) is 4.13. The van der Waals surface area contributed by atoms with E-state index in [-0.39, 0.29) is 11.3 Å². The van der Waals surface area contributed by atoms with Gasteiger partial charge in [-0.15, -0.1) is 0 Å². The highest BCUT2D eigenvalue weighted by Crippen LogP contribution is 2.22. The van der Waals surface area contributed by atoms with Gasteiger partial charge in [-0.2, -0.15) is 4.98 Å². The van der Waals surface area contributed by atoms with Gasteiger partial charge in [0.25, 0.3) is 0 Å². The molecule has 0 spiro atoms. The smallest absolute Gasteiger partial charge is 0.226 e. The van der Waals surface area contributed by atoms with Gasteiger partial charge in [0.1, 0.15) is 11.6 Å². The Morgan fingerprint density at radius 2 is 2.26 bits per heavy atom. The van der Waals surface area contributed by atoms with E-state index in [0.717, 1.165) is 12.4 Å². The van der Waals surface area contributed by atoms with Crippen LogP contribution in [0, 0.1) is 0 Å². The molecule has 2 heterocycles. The maximum Gasteiger partial charge on any atom is 0.226 e. The van der Waals surface area contributed by atoms with Crippen LogP contribution in [0.15, 0.2) is 6.07 Å². The largest absolute Gasteiger partial charge is 0.377 e. The molecule has 1 N–H and O–H groups in total. The van der Waals surface area contributed by atoms with Crippen LogP contribution in [0.5, 0.6) is 0 Å². The summed E-state index contributed by atoms with van der Waals surface area (Å²) in [6, 6.07) is 2.00. The van der Waals surface area contributed by atoms with Crippen LogP contribution in [0.2, 0.25) is 5.28 Å². The van der Waals surface area contributed by atoms with Gasteiger partial charge in [0.05, 0.1) is 19.3 Å². The van der Waals surface area contributed by atoms with Crippen LogP contribution >= 0.6 is 11.6 Å². The summed E-state index contributed by atoms with van der Waals surface area (Å²) in [5.74, 6) is 1.22. The lowest BCUT2D eigenvalue weighted by molar-refractivity contribution is 0.0985. The molecule has 1 aromatic rings. The Morgan fingerprint density at radius 1 is 1.53 bits per heavy atom. The Balaban J connectivity index is 2.28. The summed E-state index contributed by atoms with van der Waals surface area (Å²) in [4.78, 5) is 10.4. The highest BCUT2D eigenvalue weighted by molar-refractivity contribution is 8.02. The van der Waals surface area contributed by atoms with Crippen molar-refractivity contribution in [3.63, 3.8) is 0 Å². The van der Waals surface area contributed by atoms with Crippen LogP contribution in [0.1, 0.15) is 6.92 Å². The van der Waals surface area contributed by atoms with E-state index in [1.54, 1.807) is 18.6 Å². The van der Waals surface area contributed by atoms with Crippen LogP contribution in [0.4, 0.5) is 11.6 Å². The van der Waals surface area contributed by atoms with Gasteiger partial charge in [-0.05, 0) is 28.6 Å². The molecule has 1 aliphatic heterocycles. The van der Waals surface area contributed by atoms with Crippen molar-refractivity contribution in [2.24, 2.45) is 0 Å². The van der Waals surface area contributed by atoms with E-state index in [1.165, 1.54) is 0 Å². The predicted molar refractivity (Wildman–Crippen MR) is 79.7 cm³/mol. The normalized spacial score (nSPS) is 21.3. The number of halogens is 1. The summed E-state index contributed by atoms with van der Waals surface area (Å²) in [7, 11) is -2.42. The van der Waals surface area contributed by atoms with Gasteiger partial charge in [-0.3, -0.25) is 4.21 Å². The minimum absolute atomic E-state index is 0.146. The van der Waals surface area contributed by atoms with Crippen molar-refractivity contribution in [3.05, 3.63) is 11.3 Å². The Kier molecular flexibility index (Phi) is 4.27. The first-order chi connectivity index (χ1) is 8.85. The van der Waals surface area contributed by atoms with Crippen LogP contribution < -0.4 is 9.62 Å². The Bertz CT molecular complexity index is 507. The molecule has 6 nitrogen and oxygen atoms in total. The molecule has 19 heavy (non-hydrogen) atoms. The predicted octanol–water partition coefficient (Wildman–Crippen LogP) is 0.958. The topological polar surface area (TPSA) is 67.3 Å². The Morgan fingerprint density at radius 3 is 2.89 bits per heavy atom. The van der Waals surface area contributed by atoms with E-state index in [2.05, 4.69) is 26.5 Å². The first kappa shape index (κ1) is 14.5. The minimum atomic E-state index is -2.42. The Labute approximate surface area is 119 Å². The van der Waals surface area contributed by atoms with E-state index in [4.69, 9.17) is 16.3 Å². The zero-order chi connectivity index (χ0) is 14.0. The first-order valence-corrected chi connectivity index (χ1v) is 9.05. The highest BCUT2D eigenvalue weighted by atomic mass is 35.5. The molecule has 0 aliphatic carbocycles. The fourth-order valence-electron chi connectivity index (χ4n) is 1.95. The number of morpholine rings is 1. The van der Waals surface area contributed by atoms with Crippen LogP contribution in [-0.2, 0) is 14.9 Å². The molecular weight excluding hydrogens is 288 g/mol. The molecule has 1 aliphatic rings. The van der Waals surface area contributed by atoms with Crippen molar-refractivity contribution in [1.29, 1.82) is 0 Å². The summed E-state index contributed by atoms with van der Waals surface area (Å²) in [6.07, 6.45) is 3.28. The number of thiol groups is 1. The number of aromatic nitrogens is 2. The van der Waals surface area contributed by atoms with E-state index in [0.29, 0.717) is 19.0 Å². The van der Waals surface area contributed by atoms with E-state index in [9.17, 15) is 4.21 Å². The molecule has 1 saturated heterocycles. The van der Waals surface area contributed by atoms with Crippen LogP contribution in [-0.4, -0.2) is 52.5 Å². The standard InChI is InChI=1S/C11H19ClN4O2S/c1-8-7-18-5-4-16(8)10-6-9(13-11(12)14-10)15-19(2,3)17/h6,8,19H,4-5,7H2,1-3H3,(H,13,14,15,17)/t8-/m1/s1. The van der Waals surface area contributed by atoms with Crippen molar-refractivity contribution in [2.75, 3.05) is 41.9 Å². The lowest BCUT2D eigenvalue weighted by atomic mass is 10.2. The van der Waals surface area contributed by atoms with Gasteiger partial charge in [0, 0.05) is 25.1 Å². The number of anilines is 2. The summed E-state index contributed by atoms with van der Waals surface area (Å²) in [5, 5.41) is 0.146. The molecule has 0 amide bonds. The zero-order valence-electron chi connectivity index (χ0n) is 11.3. The molecule has 2 rings (SSSR count). The maximum atomic E-state index is 11.8. The van der Waals surface area contributed by atoms with Gasteiger partial charge in [0.2, 0.25) is 5.28 Å². The number of hydrogen-bond donors (Lipinski definition) is 2. The molecule has 108 valence electrons. The van der Waals surface area contributed by atoms with Crippen LogP contribution in [0.25, 0.3) is 0 Å². The third kappa shape index (κ3) is 4.02. The van der Waals surface area contributed by atoms with E-state index in [1.807, 2.05) is 0 Å². The number of rotatable bonds is 3. The lowest BCUT2D eigenvalue weighted by Gasteiger charge is -2.34. The quantitative estimate of drug-likeness (QED) is 0.643. The molecule has 0 bridgehead atoms. The molecule has 1 fully saturated rings. The molecule has 0 aromatic carbocycles. The zero-order valence-corrected chi connectivity index (χ0v) is 12.9. The van der Waals surface area contributed by atoms with Gasteiger partial charge >= 0.3 is 0 Å². The number of nitrogens with one attached hydrogen (secondary N) is 1. The average Bonchev–Trinajstić information content (AvgIpc) is 2.26. The highest BCUT2D eigenvalue weighted by Gasteiger charge is 2.21. The summed E-state index contributed by atoms with van der Waals surface area (Å²) < 4.78 is 20.1. The van der Waals surface area contributed by atoms with Crippen molar-refractivity contribution >= 4 is 33.4 Å². The molecule has 1 aromatic heterocycles. The second-order valence-electron chi connectivity index (χ2n) is 4.96. The molecule has 0 radical (unpaired) electrons. The molecule has 0 unspecified atom stereocenters. The fraction of sp³-hybridized carbons (Fsp3) is 0.636. The third-order valence-electron chi connectivity index (χ3n) is 2.73. The monoisotopic (exact) mass is 306 g/mol. The second kappa shape index (κ2) is 5.60. The molecule has 1 atom stereocenters. The fourth-order valence-corrected chi connectivity index (χ4v) is 2.80. The number of hydrogen-bond acceptors (Lipinski definition) is 5. The van der Waals surface area contributed by atoms with Crippen molar-refractivity contribution in [1.82, 2.24) is 9.97 Å². The van der Waals surface area contributed by atoms with Crippen molar-refractivity contribution in [3.8, 4) is 0 Å². The second-order valence-corrected chi connectivity index (χ2v) is 8.22. The number of nitrogens with zero attached hydrogens (tertiary/aromatic N) is 3. The van der Waals surface area contributed by atoms with Crippen molar-refractivity contribution in [2.45, 2.75) is 13.0 Å². The Hall–Kier alpha value is -0.920. The van der Waals surface area contributed by atoms with Gasteiger partial charge in [-0.1, -0.05) is 0 Å². The lowest BCUT2D eigenvalue weighted by Crippen LogP contribution is -2.44. The van der Waals surface area contributed by atoms with Gasteiger partial charge in [0.15, 0.2) is 0 Å². The molecule has 8 heteroatoms. The minimum Gasteiger partial charge on any atom is -0.377 e. The summed E-state index contributed by atoms with van der Waals surface area (Å²) in [5.41, 5.74) is 0. The molecular formula is C11H19ClN4O2S. The molecule has 0 saturated carbocycles. The third-order valence-corrected chi connectivity index (χ3v) is 3.67. The van der Waals surface area contributed by atoms with Crippen molar-refractivity contribution < 1.29 is 8.95 Å². The number of ether oxygens (including phenoxy) is 1. The maximum absolute atomic E-state index is 11.8.